The number of amides is 1. The molecule has 6 nitrogen and oxygen atoms in total. The van der Waals surface area contributed by atoms with Gasteiger partial charge in [0.05, 0.1) is 22.0 Å². The highest BCUT2D eigenvalue weighted by Gasteiger charge is 2.14. The lowest BCUT2D eigenvalue weighted by Crippen LogP contribution is -2.21. The van der Waals surface area contributed by atoms with E-state index >= 15 is 0 Å². The van der Waals surface area contributed by atoms with Gasteiger partial charge in [-0.05, 0) is 29.6 Å². The van der Waals surface area contributed by atoms with E-state index in [1.165, 1.54) is 29.5 Å². The van der Waals surface area contributed by atoms with Gasteiger partial charge in [-0.1, -0.05) is 17.7 Å². The molecule has 0 bridgehead atoms. The van der Waals surface area contributed by atoms with Crippen molar-refractivity contribution in [3.63, 3.8) is 0 Å². The van der Waals surface area contributed by atoms with Crippen molar-refractivity contribution in [2.75, 3.05) is 18.2 Å². The highest BCUT2D eigenvalue weighted by molar-refractivity contribution is 7.90. The van der Waals surface area contributed by atoms with E-state index in [9.17, 15) is 18.0 Å². The molecule has 1 aromatic carbocycles. The van der Waals surface area contributed by atoms with Gasteiger partial charge in [-0.3, -0.25) is 9.59 Å². The third kappa shape index (κ3) is 5.33. The zero-order valence-corrected chi connectivity index (χ0v) is 15.0. The van der Waals surface area contributed by atoms with Crippen LogP contribution in [0.5, 0.6) is 0 Å². The average molecular weight is 388 g/mol. The van der Waals surface area contributed by atoms with Gasteiger partial charge >= 0.3 is 5.97 Å². The van der Waals surface area contributed by atoms with Crippen LogP contribution in [0.25, 0.3) is 0 Å². The molecule has 0 aliphatic rings. The molecule has 1 amide bonds. The molecule has 2 rings (SSSR count). The van der Waals surface area contributed by atoms with Crippen molar-refractivity contribution < 1.29 is 22.7 Å². The van der Waals surface area contributed by atoms with Crippen LogP contribution in [-0.2, 0) is 30.6 Å². The first-order chi connectivity index (χ1) is 11.3. The van der Waals surface area contributed by atoms with Gasteiger partial charge in [0.2, 0.25) is 0 Å². The van der Waals surface area contributed by atoms with Gasteiger partial charge in [0.15, 0.2) is 16.4 Å². The Balaban J connectivity index is 1.93. The number of hydrogen-bond acceptors (Lipinski definition) is 6. The molecule has 0 spiro atoms. The Morgan fingerprint density at radius 3 is 2.67 bits per heavy atom. The van der Waals surface area contributed by atoms with E-state index in [1.807, 2.05) is 11.4 Å². The number of ether oxygens (including phenoxy) is 1. The molecule has 2 aromatic rings. The van der Waals surface area contributed by atoms with Crippen molar-refractivity contribution >= 4 is 50.3 Å². The van der Waals surface area contributed by atoms with E-state index in [0.29, 0.717) is 0 Å². The highest BCUT2D eigenvalue weighted by atomic mass is 35.5. The summed E-state index contributed by atoms with van der Waals surface area (Å²) in [6.45, 7) is -0.482. The summed E-state index contributed by atoms with van der Waals surface area (Å²) in [6, 6.07) is 7.58. The largest absolute Gasteiger partial charge is 0.455 e. The van der Waals surface area contributed by atoms with E-state index in [4.69, 9.17) is 16.3 Å². The van der Waals surface area contributed by atoms with Crippen LogP contribution in [-0.4, -0.2) is 33.2 Å². The monoisotopic (exact) mass is 387 g/mol. The Kier molecular flexibility index (Phi) is 5.98. The van der Waals surface area contributed by atoms with E-state index in [-0.39, 0.29) is 22.0 Å². The number of benzene rings is 1. The van der Waals surface area contributed by atoms with Crippen molar-refractivity contribution in [1.29, 1.82) is 0 Å². The molecule has 0 saturated heterocycles. The summed E-state index contributed by atoms with van der Waals surface area (Å²) in [7, 11) is -3.43. The Morgan fingerprint density at radius 1 is 1.29 bits per heavy atom. The maximum atomic E-state index is 11.8. The van der Waals surface area contributed by atoms with Crippen LogP contribution in [0.4, 0.5) is 5.69 Å². The first-order valence-electron chi connectivity index (χ1n) is 6.73. The van der Waals surface area contributed by atoms with Gasteiger partial charge in [0, 0.05) is 11.1 Å². The number of carbonyl (C=O) groups excluding carboxylic acids is 2. The minimum absolute atomic E-state index is 0.0249. The van der Waals surface area contributed by atoms with Crippen LogP contribution in [0.2, 0.25) is 5.02 Å². The zero-order chi connectivity index (χ0) is 17.7. The second-order valence-corrected chi connectivity index (χ2v) is 8.33. The first kappa shape index (κ1) is 18.4. The fourth-order valence-corrected chi connectivity index (χ4v) is 3.27. The lowest BCUT2D eigenvalue weighted by molar-refractivity contribution is -0.146. The number of esters is 1. The molecule has 0 aliphatic carbocycles. The van der Waals surface area contributed by atoms with Crippen LogP contribution >= 0.6 is 22.9 Å². The Labute approximate surface area is 148 Å². The predicted molar refractivity (Wildman–Crippen MR) is 92.2 cm³/mol. The number of hydrogen-bond donors (Lipinski definition) is 1. The van der Waals surface area contributed by atoms with Gasteiger partial charge < -0.3 is 10.1 Å². The molecule has 9 heteroatoms. The summed E-state index contributed by atoms with van der Waals surface area (Å²) in [5, 5.41) is 4.45. The van der Waals surface area contributed by atoms with E-state index in [0.717, 1.165) is 11.1 Å². The van der Waals surface area contributed by atoms with E-state index in [1.54, 1.807) is 6.07 Å². The fraction of sp³-hybridized carbons (Fsp3) is 0.200. The second-order valence-electron chi connectivity index (χ2n) is 4.88. The van der Waals surface area contributed by atoms with E-state index in [2.05, 4.69) is 5.32 Å². The quantitative estimate of drug-likeness (QED) is 0.769. The van der Waals surface area contributed by atoms with Gasteiger partial charge in [-0.25, -0.2) is 8.42 Å². The number of carbonyl (C=O) groups is 2. The second kappa shape index (κ2) is 7.78. The smallest absolute Gasteiger partial charge is 0.311 e. The standard InChI is InChI=1S/C15H14ClNO5S2/c1-24(20,21)11-4-5-12(16)13(8-11)17-14(18)9-22-15(19)7-10-3-2-6-23-10/h2-6,8H,7,9H2,1H3,(H,17,18). The molecule has 0 radical (unpaired) electrons. The molecule has 1 aromatic heterocycles. The van der Waals surface area contributed by atoms with Gasteiger partial charge in [-0.2, -0.15) is 0 Å². The highest BCUT2D eigenvalue weighted by Crippen LogP contribution is 2.25. The lowest BCUT2D eigenvalue weighted by atomic mass is 10.3. The number of thiophene rings is 1. The molecule has 0 saturated carbocycles. The Hall–Kier alpha value is -1.90. The molecule has 128 valence electrons. The summed E-state index contributed by atoms with van der Waals surface area (Å²) >= 11 is 7.35. The van der Waals surface area contributed by atoms with E-state index < -0.39 is 28.3 Å². The number of anilines is 1. The maximum absolute atomic E-state index is 11.8. The molecule has 0 fully saturated rings. The van der Waals surface area contributed by atoms with Crippen LogP contribution in [0.3, 0.4) is 0 Å². The topological polar surface area (TPSA) is 89.5 Å². The molecule has 0 unspecified atom stereocenters. The minimum Gasteiger partial charge on any atom is -0.455 e. The van der Waals surface area contributed by atoms with Crippen LogP contribution in [0.15, 0.2) is 40.6 Å². The lowest BCUT2D eigenvalue weighted by Gasteiger charge is -2.09. The minimum atomic E-state index is -3.43. The van der Waals surface area contributed by atoms with Crippen LogP contribution in [0.1, 0.15) is 4.88 Å². The summed E-state index contributed by atoms with van der Waals surface area (Å²) in [5.74, 6) is -1.13. The van der Waals surface area contributed by atoms with Crippen molar-refractivity contribution in [3.8, 4) is 0 Å². The van der Waals surface area contributed by atoms with Crippen molar-refractivity contribution in [2.45, 2.75) is 11.3 Å². The first-order valence-corrected chi connectivity index (χ1v) is 9.88. The molecule has 1 heterocycles. The molecule has 1 N–H and O–H groups in total. The summed E-state index contributed by atoms with van der Waals surface area (Å²) in [6.07, 6.45) is 1.14. The predicted octanol–water partition coefficient (Wildman–Crippen LogP) is 2.53. The van der Waals surface area contributed by atoms with Crippen LogP contribution < -0.4 is 5.32 Å². The third-order valence-corrected chi connectivity index (χ3v) is 5.22. The van der Waals surface area contributed by atoms with Gasteiger partial charge in [0.25, 0.3) is 5.91 Å². The van der Waals surface area contributed by atoms with Crippen LogP contribution in [0, 0.1) is 0 Å². The van der Waals surface area contributed by atoms with Crippen molar-refractivity contribution in [1.82, 2.24) is 0 Å². The Bertz CT molecular complexity index is 847. The molecule has 0 aliphatic heterocycles. The normalized spacial score (nSPS) is 11.1. The summed E-state index contributed by atoms with van der Waals surface area (Å²) < 4.78 is 27.9. The van der Waals surface area contributed by atoms with Gasteiger partial charge in [-0.15, -0.1) is 11.3 Å². The number of halogens is 1. The molecule has 0 atom stereocenters. The summed E-state index contributed by atoms with van der Waals surface area (Å²) in [4.78, 5) is 24.3. The van der Waals surface area contributed by atoms with Crippen molar-refractivity contribution in [2.24, 2.45) is 0 Å². The third-order valence-electron chi connectivity index (χ3n) is 2.90. The average Bonchev–Trinajstić information content (AvgIpc) is 2.99. The Morgan fingerprint density at radius 2 is 2.04 bits per heavy atom. The zero-order valence-electron chi connectivity index (χ0n) is 12.6. The number of nitrogens with one attached hydrogen (secondary N) is 1. The number of rotatable bonds is 6. The molecular weight excluding hydrogens is 374 g/mol. The maximum Gasteiger partial charge on any atom is 0.311 e. The fourth-order valence-electron chi connectivity index (χ4n) is 1.77. The summed E-state index contributed by atoms with van der Waals surface area (Å²) in [5.41, 5.74) is 0.138. The molecule has 24 heavy (non-hydrogen) atoms. The SMILES string of the molecule is CS(=O)(=O)c1ccc(Cl)c(NC(=O)COC(=O)Cc2cccs2)c1. The van der Waals surface area contributed by atoms with Gasteiger partial charge in [0.1, 0.15) is 0 Å². The number of sulfone groups is 1. The van der Waals surface area contributed by atoms with Crippen molar-refractivity contribution in [3.05, 3.63) is 45.6 Å². The molecular formula is C15H14ClNO5S2.